The Labute approximate surface area is 131 Å². The van der Waals surface area contributed by atoms with E-state index < -0.39 is 30.3 Å². The highest BCUT2D eigenvalue weighted by Gasteiger charge is 2.42. The van der Waals surface area contributed by atoms with Crippen LogP contribution in [-0.2, 0) is 18.9 Å². The van der Waals surface area contributed by atoms with Gasteiger partial charge in [0.2, 0.25) is 0 Å². The van der Waals surface area contributed by atoms with E-state index in [1.165, 1.54) is 25.3 Å². The predicted molar refractivity (Wildman–Crippen MR) is 69.5 cm³/mol. The highest BCUT2D eigenvalue weighted by molar-refractivity contribution is 6.30. The van der Waals surface area contributed by atoms with Crippen molar-refractivity contribution in [2.75, 3.05) is 0 Å². The van der Waals surface area contributed by atoms with E-state index >= 15 is 0 Å². The van der Waals surface area contributed by atoms with Crippen molar-refractivity contribution in [2.24, 2.45) is 0 Å². The van der Waals surface area contributed by atoms with Crippen LogP contribution in [0.25, 0.3) is 0 Å². The molecule has 0 unspecified atom stereocenters. The molecule has 0 saturated carbocycles. The molecule has 0 bridgehead atoms. The molecule has 23 heavy (non-hydrogen) atoms. The molecule has 2 aromatic heterocycles. The summed E-state index contributed by atoms with van der Waals surface area (Å²) in [6.45, 7) is 0.939. The molecule has 125 valence electrons. The van der Waals surface area contributed by atoms with Gasteiger partial charge in [-0.25, -0.2) is 4.98 Å². The van der Waals surface area contributed by atoms with Gasteiger partial charge in [0, 0.05) is 18.2 Å². The van der Waals surface area contributed by atoms with Crippen molar-refractivity contribution in [3.05, 3.63) is 52.4 Å². The van der Waals surface area contributed by atoms with Gasteiger partial charge in [-0.2, -0.15) is 31.4 Å². The Hall–Kier alpha value is -1.77. The molecule has 2 rings (SSSR count). The lowest BCUT2D eigenvalue weighted by atomic mass is 10.0. The largest absolute Gasteiger partial charge is 0.435 e. The second-order valence-corrected chi connectivity index (χ2v) is 5.05. The van der Waals surface area contributed by atoms with Gasteiger partial charge in [-0.1, -0.05) is 24.6 Å². The molecule has 0 aromatic carbocycles. The lowest BCUT2D eigenvalue weighted by Gasteiger charge is -2.15. The summed E-state index contributed by atoms with van der Waals surface area (Å²) < 4.78 is 76.8. The fraction of sp³-hybridized carbons (Fsp3) is 0.308. The normalized spacial score (nSPS) is 12.9. The van der Waals surface area contributed by atoms with Crippen molar-refractivity contribution in [3.63, 3.8) is 0 Å². The summed E-state index contributed by atoms with van der Waals surface area (Å²) in [5, 5.41) is 3.07. The molecule has 0 saturated heterocycles. The van der Waals surface area contributed by atoms with Crippen LogP contribution in [0.3, 0.4) is 0 Å². The summed E-state index contributed by atoms with van der Waals surface area (Å²) in [4.78, 5) is 3.77. The van der Waals surface area contributed by atoms with Crippen molar-refractivity contribution in [1.29, 1.82) is 0 Å². The molecule has 0 spiro atoms. The minimum atomic E-state index is -4.97. The third kappa shape index (κ3) is 3.95. The first-order chi connectivity index (χ1) is 10.5. The number of halogens is 7. The fourth-order valence-corrected chi connectivity index (χ4v) is 2.20. The van der Waals surface area contributed by atoms with Crippen LogP contribution in [0.15, 0.2) is 24.4 Å². The molecule has 0 aliphatic heterocycles. The SMILES string of the molecule is C[C](Cn1nc(C(F)(F)F)cc1C(F)(F)F)c1cccnc1Cl. The predicted octanol–water partition coefficient (Wildman–Crippen LogP) is 4.61. The van der Waals surface area contributed by atoms with Crippen LogP contribution >= 0.6 is 11.6 Å². The lowest BCUT2D eigenvalue weighted by molar-refractivity contribution is -0.144. The van der Waals surface area contributed by atoms with E-state index in [-0.39, 0.29) is 15.9 Å². The molecule has 10 heteroatoms. The van der Waals surface area contributed by atoms with E-state index in [4.69, 9.17) is 11.6 Å². The first-order valence-electron chi connectivity index (χ1n) is 6.15. The average molecular weight is 357 g/mol. The molecule has 0 aliphatic rings. The molecular weight excluding hydrogens is 348 g/mol. The molecule has 0 N–H and O–H groups in total. The smallest absolute Gasteiger partial charge is 0.259 e. The third-order valence-electron chi connectivity index (χ3n) is 2.97. The van der Waals surface area contributed by atoms with Crippen LogP contribution in [-0.4, -0.2) is 14.8 Å². The Morgan fingerprint density at radius 1 is 1.17 bits per heavy atom. The zero-order valence-electron chi connectivity index (χ0n) is 11.5. The van der Waals surface area contributed by atoms with Crippen LogP contribution in [0.5, 0.6) is 0 Å². The highest BCUT2D eigenvalue weighted by Crippen LogP contribution is 2.36. The van der Waals surface area contributed by atoms with Crippen molar-refractivity contribution in [2.45, 2.75) is 25.8 Å². The summed E-state index contributed by atoms with van der Waals surface area (Å²) in [5.74, 6) is 0.297. The van der Waals surface area contributed by atoms with Crippen LogP contribution in [0.1, 0.15) is 23.9 Å². The number of alkyl halides is 6. The van der Waals surface area contributed by atoms with Gasteiger partial charge in [0.05, 0.1) is 6.54 Å². The van der Waals surface area contributed by atoms with Gasteiger partial charge in [0.25, 0.3) is 0 Å². The Balaban J connectivity index is 2.39. The number of pyridine rings is 1. The first kappa shape index (κ1) is 17.6. The molecule has 2 heterocycles. The van der Waals surface area contributed by atoms with Gasteiger partial charge in [-0.05, 0) is 11.6 Å². The second kappa shape index (κ2) is 6.03. The third-order valence-corrected chi connectivity index (χ3v) is 3.27. The Kier molecular flexibility index (Phi) is 4.61. The number of aromatic nitrogens is 3. The van der Waals surface area contributed by atoms with E-state index in [1.807, 2.05) is 0 Å². The van der Waals surface area contributed by atoms with Crippen molar-refractivity contribution in [3.8, 4) is 0 Å². The zero-order chi connectivity index (χ0) is 17.4. The van der Waals surface area contributed by atoms with Crippen LogP contribution in [0.2, 0.25) is 5.15 Å². The second-order valence-electron chi connectivity index (χ2n) is 4.69. The quantitative estimate of drug-likeness (QED) is 0.594. The maximum atomic E-state index is 12.9. The summed E-state index contributed by atoms with van der Waals surface area (Å²) in [6, 6.07) is 3.00. The van der Waals surface area contributed by atoms with Gasteiger partial charge in [0.15, 0.2) is 5.69 Å². The van der Waals surface area contributed by atoms with E-state index in [0.29, 0.717) is 11.5 Å². The Morgan fingerprint density at radius 2 is 1.83 bits per heavy atom. The molecule has 0 atom stereocenters. The Bertz CT molecular complexity index is 692. The molecule has 0 aliphatic carbocycles. The van der Waals surface area contributed by atoms with Gasteiger partial charge in [0.1, 0.15) is 10.8 Å². The van der Waals surface area contributed by atoms with Gasteiger partial charge in [-0.15, -0.1) is 0 Å². The first-order valence-corrected chi connectivity index (χ1v) is 6.53. The highest BCUT2D eigenvalue weighted by atomic mass is 35.5. The van der Waals surface area contributed by atoms with E-state index in [2.05, 4.69) is 10.1 Å². The fourth-order valence-electron chi connectivity index (χ4n) is 1.92. The van der Waals surface area contributed by atoms with Crippen LogP contribution in [0.4, 0.5) is 26.3 Å². The zero-order valence-corrected chi connectivity index (χ0v) is 12.3. The van der Waals surface area contributed by atoms with Gasteiger partial charge >= 0.3 is 12.4 Å². The number of hydrogen-bond donors (Lipinski definition) is 0. The van der Waals surface area contributed by atoms with Crippen LogP contribution in [0, 0.1) is 5.92 Å². The summed E-state index contributed by atoms with van der Waals surface area (Å²) in [5.41, 5.74) is -2.74. The molecular formula is C13H9ClF6N3. The number of rotatable bonds is 3. The molecule has 1 radical (unpaired) electrons. The summed E-state index contributed by atoms with van der Waals surface area (Å²) >= 11 is 5.83. The van der Waals surface area contributed by atoms with Gasteiger partial charge in [-0.3, -0.25) is 4.68 Å². The standard InChI is InChI=1S/C13H9ClF6N3/c1-7(8-3-2-4-21-11(8)14)6-23-10(13(18,19)20)5-9(22-23)12(15,16)17/h2-5H,6H2,1H3. The van der Waals surface area contributed by atoms with Crippen molar-refractivity contribution in [1.82, 2.24) is 14.8 Å². The molecule has 0 fully saturated rings. The topological polar surface area (TPSA) is 30.7 Å². The van der Waals surface area contributed by atoms with Crippen molar-refractivity contribution < 1.29 is 26.3 Å². The summed E-state index contributed by atoms with van der Waals surface area (Å²) in [6.07, 6.45) is -8.55. The van der Waals surface area contributed by atoms with E-state index in [1.54, 1.807) is 0 Å². The van der Waals surface area contributed by atoms with Crippen LogP contribution < -0.4 is 0 Å². The molecule has 2 aromatic rings. The lowest BCUT2D eigenvalue weighted by Crippen LogP contribution is -2.18. The minimum Gasteiger partial charge on any atom is -0.259 e. The molecule has 3 nitrogen and oxygen atoms in total. The van der Waals surface area contributed by atoms with Gasteiger partial charge < -0.3 is 0 Å². The number of hydrogen-bond acceptors (Lipinski definition) is 2. The average Bonchev–Trinajstić information content (AvgIpc) is 2.83. The Morgan fingerprint density at radius 3 is 2.35 bits per heavy atom. The number of nitrogens with zero attached hydrogens (tertiary/aromatic N) is 3. The van der Waals surface area contributed by atoms with E-state index in [9.17, 15) is 26.3 Å². The summed E-state index contributed by atoms with van der Waals surface area (Å²) in [7, 11) is 0. The minimum absolute atomic E-state index is 0.0157. The van der Waals surface area contributed by atoms with E-state index in [0.717, 1.165) is 0 Å². The maximum absolute atomic E-state index is 12.9. The maximum Gasteiger partial charge on any atom is 0.435 e. The monoisotopic (exact) mass is 356 g/mol. The van der Waals surface area contributed by atoms with Crippen molar-refractivity contribution >= 4 is 11.6 Å². The molecule has 0 amide bonds.